The molecule has 1 unspecified atom stereocenters. The second-order valence-corrected chi connectivity index (χ2v) is 11.0. The summed E-state index contributed by atoms with van der Waals surface area (Å²) in [5.74, 6) is -2.48. The van der Waals surface area contributed by atoms with Crippen LogP contribution in [-0.4, -0.2) is 45.3 Å². The highest BCUT2D eigenvalue weighted by Crippen LogP contribution is 2.64. The molecule has 1 fully saturated rings. The summed E-state index contributed by atoms with van der Waals surface area (Å²) in [5.41, 5.74) is -0.317. The van der Waals surface area contributed by atoms with Crippen molar-refractivity contribution < 1.29 is 24.0 Å². The Balaban J connectivity index is 1.66. The number of hydrogen-bond acceptors (Lipinski definition) is 8. The Morgan fingerprint density at radius 2 is 1.54 bits per heavy atom. The molecule has 3 atom stereocenters. The summed E-state index contributed by atoms with van der Waals surface area (Å²) in [5, 5.41) is 17.6. The maximum Gasteiger partial charge on any atom is 0.331 e. The number of fused-ring (bicyclic) bond motifs is 5. The van der Waals surface area contributed by atoms with E-state index in [4.69, 9.17) is 4.74 Å². The Morgan fingerprint density at radius 1 is 0.949 bits per heavy atom. The molecule has 0 bridgehead atoms. The monoisotopic (exact) mass is 523 g/mol. The first-order chi connectivity index (χ1) is 18.6. The molecule has 0 saturated carbocycles. The van der Waals surface area contributed by atoms with Crippen molar-refractivity contribution in [1.82, 2.24) is 5.01 Å². The van der Waals surface area contributed by atoms with E-state index in [9.17, 15) is 24.5 Å². The van der Waals surface area contributed by atoms with E-state index in [2.05, 4.69) is 5.10 Å². The van der Waals surface area contributed by atoms with Gasteiger partial charge in [-0.25, -0.2) is 4.79 Å². The van der Waals surface area contributed by atoms with Crippen molar-refractivity contribution in [3.8, 4) is 0 Å². The molecule has 0 N–H and O–H groups in total. The zero-order valence-electron chi connectivity index (χ0n) is 21.5. The van der Waals surface area contributed by atoms with Crippen LogP contribution in [0.25, 0.3) is 0 Å². The fraction of sp³-hybridized carbons (Fsp3) is 0.267. The highest BCUT2D eigenvalue weighted by Gasteiger charge is 2.73. The van der Waals surface area contributed by atoms with Gasteiger partial charge in [0, 0.05) is 29.2 Å². The van der Waals surface area contributed by atoms with Crippen LogP contribution in [0.3, 0.4) is 0 Å². The minimum absolute atomic E-state index is 0.145. The van der Waals surface area contributed by atoms with E-state index in [-0.39, 0.29) is 16.8 Å². The molecule has 9 nitrogen and oxygen atoms in total. The van der Waals surface area contributed by atoms with Gasteiger partial charge in [0.1, 0.15) is 11.0 Å². The fourth-order valence-corrected chi connectivity index (χ4v) is 6.29. The molecule has 0 amide bonds. The lowest BCUT2D eigenvalue weighted by molar-refractivity contribution is -0.384. The zero-order chi connectivity index (χ0) is 27.7. The van der Waals surface area contributed by atoms with E-state index in [1.165, 1.54) is 29.3 Å². The summed E-state index contributed by atoms with van der Waals surface area (Å²) in [7, 11) is 0. The number of non-ortho nitro benzene ring substituents is 1. The number of nitro groups is 1. The molecule has 1 spiro atoms. The van der Waals surface area contributed by atoms with Gasteiger partial charge in [0.2, 0.25) is 0 Å². The molecule has 1 aliphatic carbocycles. The quantitative estimate of drug-likeness (QED) is 0.208. The average molecular weight is 524 g/mol. The predicted molar refractivity (Wildman–Crippen MR) is 142 cm³/mol. The summed E-state index contributed by atoms with van der Waals surface area (Å²) < 4.78 is 5.84. The van der Waals surface area contributed by atoms with E-state index in [1.54, 1.807) is 51.3 Å². The first-order valence-electron chi connectivity index (χ1n) is 12.6. The lowest BCUT2D eigenvalue weighted by Crippen LogP contribution is -2.44. The molecule has 3 aromatic carbocycles. The highest BCUT2D eigenvalue weighted by molar-refractivity contribution is 6.31. The van der Waals surface area contributed by atoms with Crippen LogP contribution in [0.5, 0.6) is 0 Å². The van der Waals surface area contributed by atoms with Crippen LogP contribution >= 0.6 is 0 Å². The van der Waals surface area contributed by atoms with Crippen molar-refractivity contribution >= 4 is 29.4 Å². The molecule has 3 aliphatic rings. The molecule has 0 aromatic heterocycles. The van der Waals surface area contributed by atoms with Crippen LogP contribution in [0.15, 0.2) is 77.9 Å². The lowest BCUT2D eigenvalue weighted by atomic mass is 9.63. The fourth-order valence-electron chi connectivity index (χ4n) is 6.29. The van der Waals surface area contributed by atoms with Crippen molar-refractivity contribution in [2.24, 2.45) is 10.5 Å². The third-order valence-corrected chi connectivity index (χ3v) is 7.69. The SMILES string of the molecule is CC(C)(C)OC(=O)[C@H]1[C@H](c2ccc([N+](=O)[O-])cc2)C2(C(=O)c3ccccc3C2=O)C2c3ccccc3C=NN21. The van der Waals surface area contributed by atoms with Crippen LogP contribution < -0.4 is 0 Å². The van der Waals surface area contributed by atoms with Crippen LogP contribution in [0.2, 0.25) is 0 Å². The van der Waals surface area contributed by atoms with E-state index in [0.29, 0.717) is 11.1 Å². The molecule has 2 aliphatic heterocycles. The van der Waals surface area contributed by atoms with Crippen LogP contribution in [0.4, 0.5) is 5.69 Å². The maximum atomic E-state index is 14.5. The van der Waals surface area contributed by atoms with Crippen LogP contribution in [0.1, 0.15) is 70.1 Å². The van der Waals surface area contributed by atoms with Gasteiger partial charge in [-0.2, -0.15) is 5.10 Å². The van der Waals surface area contributed by atoms with Gasteiger partial charge in [0.15, 0.2) is 17.6 Å². The summed E-state index contributed by atoms with van der Waals surface area (Å²) in [6.07, 6.45) is 1.62. The highest BCUT2D eigenvalue weighted by atomic mass is 16.6. The van der Waals surface area contributed by atoms with Crippen molar-refractivity contribution in [2.45, 2.75) is 44.4 Å². The maximum absolute atomic E-state index is 14.5. The number of nitro benzene ring substituents is 1. The average Bonchev–Trinajstić information content (AvgIpc) is 3.34. The van der Waals surface area contributed by atoms with Crippen molar-refractivity contribution in [3.05, 3.63) is 111 Å². The van der Waals surface area contributed by atoms with E-state index >= 15 is 0 Å². The standard InChI is InChI=1S/C30H25N3O6/c1-29(2,3)39-28(36)24-23(17-12-14-19(15-13-17)33(37)38)30(26(34)21-10-6-7-11-22(21)27(30)35)25-20-9-5-4-8-18(20)16-31-32(24)25/h4-16,23-25H,1-3H3/t23-,24+,25?/m0/s1. The lowest BCUT2D eigenvalue weighted by Gasteiger charge is -2.36. The third kappa shape index (κ3) is 3.46. The summed E-state index contributed by atoms with van der Waals surface area (Å²) >= 11 is 0. The second-order valence-electron chi connectivity index (χ2n) is 11.0. The molecule has 6 rings (SSSR count). The number of ether oxygens (including phenoxy) is 1. The number of hydrazone groups is 1. The molecular weight excluding hydrogens is 498 g/mol. The Labute approximate surface area is 224 Å². The first-order valence-corrected chi connectivity index (χ1v) is 12.6. The second kappa shape index (κ2) is 8.42. The number of rotatable bonds is 3. The van der Waals surface area contributed by atoms with Crippen LogP contribution in [-0.2, 0) is 9.53 Å². The predicted octanol–water partition coefficient (Wildman–Crippen LogP) is 4.86. The molecule has 2 heterocycles. The smallest absolute Gasteiger partial charge is 0.331 e. The van der Waals surface area contributed by atoms with Crippen molar-refractivity contribution in [1.29, 1.82) is 0 Å². The van der Waals surface area contributed by atoms with Gasteiger partial charge in [-0.1, -0.05) is 60.7 Å². The molecule has 9 heteroatoms. The number of esters is 1. The van der Waals surface area contributed by atoms with Gasteiger partial charge in [0.25, 0.3) is 5.69 Å². The number of nitrogens with zero attached hydrogens (tertiary/aromatic N) is 3. The van der Waals surface area contributed by atoms with Gasteiger partial charge >= 0.3 is 5.97 Å². The number of carbonyl (C=O) groups is 3. The number of hydrogen-bond donors (Lipinski definition) is 0. The molecule has 1 saturated heterocycles. The van der Waals surface area contributed by atoms with Gasteiger partial charge in [-0.05, 0) is 37.5 Å². The van der Waals surface area contributed by atoms with Gasteiger partial charge < -0.3 is 4.74 Å². The minimum atomic E-state index is -1.75. The summed E-state index contributed by atoms with van der Waals surface area (Å²) in [6.45, 7) is 5.22. The summed E-state index contributed by atoms with van der Waals surface area (Å²) in [4.78, 5) is 53.9. The number of benzene rings is 3. The largest absolute Gasteiger partial charge is 0.458 e. The molecule has 0 radical (unpaired) electrons. The topological polar surface area (TPSA) is 119 Å². The zero-order valence-corrected chi connectivity index (χ0v) is 21.5. The molecular formula is C30H25N3O6. The number of carbonyl (C=O) groups excluding carboxylic acids is 3. The van der Waals surface area contributed by atoms with E-state index < -0.39 is 51.5 Å². The normalized spacial score (nSPS) is 22.4. The first kappa shape index (κ1) is 24.7. The number of ketones is 2. The van der Waals surface area contributed by atoms with Gasteiger partial charge in [0.05, 0.1) is 17.2 Å². The molecule has 3 aromatic rings. The van der Waals surface area contributed by atoms with Gasteiger partial charge in [-0.3, -0.25) is 24.7 Å². The Morgan fingerprint density at radius 3 is 2.13 bits per heavy atom. The van der Waals surface area contributed by atoms with Crippen LogP contribution in [0, 0.1) is 15.5 Å². The summed E-state index contributed by atoms with van der Waals surface area (Å²) in [6, 6.07) is 17.6. The Bertz CT molecular complexity index is 1550. The van der Waals surface area contributed by atoms with E-state index in [0.717, 1.165) is 5.56 Å². The van der Waals surface area contributed by atoms with Crippen molar-refractivity contribution in [2.75, 3.05) is 0 Å². The Kier molecular flexibility index (Phi) is 5.33. The molecule has 39 heavy (non-hydrogen) atoms. The van der Waals surface area contributed by atoms with Crippen molar-refractivity contribution in [3.63, 3.8) is 0 Å². The Hall–Kier alpha value is -4.66. The minimum Gasteiger partial charge on any atom is -0.458 e. The number of Topliss-reactive ketones (excluding diaryl/α,β-unsaturated/α-hetero) is 2. The third-order valence-electron chi connectivity index (χ3n) is 7.69. The van der Waals surface area contributed by atoms with E-state index in [1.807, 2.05) is 24.3 Å². The van der Waals surface area contributed by atoms with Gasteiger partial charge in [-0.15, -0.1) is 0 Å². The molecule has 196 valence electrons.